The number of carbonyl (C=O) groups excluding carboxylic acids is 1. The highest BCUT2D eigenvalue weighted by Crippen LogP contribution is 2.12. The molecule has 20 heavy (non-hydrogen) atoms. The van der Waals surface area contributed by atoms with E-state index in [1.807, 2.05) is 13.8 Å². The van der Waals surface area contributed by atoms with Crippen LogP contribution in [-0.4, -0.2) is 32.6 Å². The molecule has 2 rings (SSSR count). The van der Waals surface area contributed by atoms with Crippen LogP contribution in [0.4, 0.5) is 0 Å². The van der Waals surface area contributed by atoms with Crippen molar-refractivity contribution in [2.75, 3.05) is 0 Å². The zero-order chi connectivity index (χ0) is 14.9. The number of carbonyl (C=O) groups is 2. The number of H-pyrrole nitrogens is 1. The minimum Gasteiger partial charge on any atom is -0.478 e. The number of carboxylic acid groups (broad SMARTS) is 1. The SMILES string of the molecule is CC(C)NC(=O)Cn1c(=O)[nH]c2cc(C(=O)O)ccc21. The molecule has 7 nitrogen and oxygen atoms in total. The van der Waals surface area contributed by atoms with E-state index in [0.717, 1.165) is 0 Å². The van der Waals surface area contributed by atoms with E-state index in [4.69, 9.17) is 5.11 Å². The van der Waals surface area contributed by atoms with Crippen molar-refractivity contribution >= 4 is 22.9 Å². The van der Waals surface area contributed by atoms with E-state index >= 15 is 0 Å². The van der Waals surface area contributed by atoms with Crippen molar-refractivity contribution in [3.8, 4) is 0 Å². The summed E-state index contributed by atoms with van der Waals surface area (Å²) in [6.07, 6.45) is 0. The van der Waals surface area contributed by atoms with Crippen LogP contribution >= 0.6 is 0 Å². The first kappa shape index (κ1) is 13.9. The maximum atomic E-state index is 11.8. The highest BCUT2D eigenvalue weighted by Gasteiger charge is 2.13. The van der Waals surface area contributed by atoms with E-state index in [1.54, 1.807) is 0 Å². The summed E-state index contributed by atoms with van der Waals surface area (Å²) in [7, 11) is 0. The molecule has 0 atom stereocenters. The number of amides is 1. The summed E-state index contributed by atoms with van der Waals surface area (Å²) in [5, 5.41) is 11.6. The fourth-order valence-corrected chi connectivity index (χ4v) is 1.96. The van der Waals surface area contributed by atoms with Crippen LogP contribution in [0.2, 0.25) is 0 Å². The van der Waals surface area contributed by atoms with Crippen LogP contribution in [0, 0.1) is 0 Å². The Bertz CT molecular complexity index is 727. The van der Waals surface area contributed by atoms with E-state index < -0.39 is 11.7 Å². The Morgan fingerprint density at radius 3 is 2.70 bits per heavy atom. The lowest BCUT2D eigenvalue weighted by atomic mass is 10.2. The first-order valence-corrected chi connectivity index (χ1v) is 6.13. The maximum absolute atomic E-state index is 11.8. The lowest BCUT2D eigenvalue weighted by Crippen LogP contribution is -2.35. The molecule has 0 bridgehead atoms. The second-order valence-corrected chi connectivity index (χ2v) is 4.78. The number of benzene rings is 1. The molecule has 0 saturated heterocycles. The van der Waals surface area contributed by atoms with Crippen molar-refractivity contribution in [1.82, 2.24) is 14.9 Å². The first-order chi connectivity index (χ1) is 9.38. The number of imidazole rings is 1. The van der Waals surface area contributed by atoms with Gasteiger partial charge >= 0.3 is 11.7 Å². The van der Waals surface area contributed by atoms with Crippen LogP contribution in [0.15, 0.2) is 23.0 Å². The van der Waals surface area contributed by atoms with Gasteiger partial charge in [-0.1, -0.05) is 0 Å². The first-order valence-electron chi connectivity index (χ1n) is 6.13. The minimum atomic E-state index is -1.07. The lowest BCUT2D eigenvalue weighted by molar-refractivity contribution is -0.122. The molecule has 0 aliphatic heterocycles. The third kappa shape index (κ3) is 2.71. The van der Waals surface area contributed by atoms with Gasteiger partial charge in [0, 0.05) is 6.04 Å². The molecule has 0 fully saturated rings. The number of hydrogen-bond donors (Lipinski definition) is 3. The number of nitrogens with zero attached hydrogens (tertiary/aromatic N) is 1. The number of aromatic amines is 1. The van der Waals surface area contributed by atoms with E-state index in [0.29, 0.717) is 11.0 Å². The molecule has 1 heterocycles. The van der Waals surface area contributed by atoms with Crippen molar-refractivity contribution in [3.05, 3.63) is 34.2 Å². The predicted octanol–water partition coefficient (Wildman–Crippen LogP) is 0.552. The van der Waals surface area contributed by atoms with E-state index in [9.17, 15) is 14.4 Å². The summed E-state index contributed by atoms with van der Waals surface area (Å²) in [6, 6.07) is 4.27. The standard InChI is InChI=1S/C13H15N3O4/c1-7(2)14-11(17)6-16-10-4-3-8(12(18)19)5-9(10)15-13(16)20/h3-5,7H,6H2,1-2H3,(H,14,17)(H,15,20)(H,18,19). The molecule has 1 amide bonds. The van der Waals surface area contributed by atoms with Gasteiger partial charge in [0.15, 0.2) is 0 Å². The quantitative estimate of drug-likeness (QED) is 0.759. The number of nitrogens with one attached hydrogen (secondary N) is 2. The molecular formula is C13H15N3O4. The Morgan fingerprint density at radius 1 is 1.40 bits per heavy atom. The van der Waals surface area contributed by atoms with Crippen LogP contribution in [-0.2, 0) is 11.3 Å². The number of carboxylic acids is 1. The second kappa shape index (κ2) is 5.20. The molecule has 1 aromatic carbocycles. The largest absolute Gasteiger partial charge is 0.478 e. The maximum Gasteiger partial charge on any atom is 0.335 e. The molecule has 0 spiro atoms. The molecule has 0 aliphatic rings. The Balaban J connectivity index is 2.39. The average molecular weight is 277 g/mol. The second-order valence-electron chi connectivity index (χ2n) is 4.78. The number of aromatic carboxylic acids is 1. The molecule has 0 saturated carbocycles. The third-order valence-corrected chi connectivity index (χ3v) is 2.77. The molecule has 2 aromatic rings. The Kier molecular flexibility index (Phi) is 3.60. The molecule has 7 heteroatoms. The molecule has 1 aromatic heterocycles. The van der Waals surface area contributed by atoms with Crippen LogP contribution in [0.3, 0.4) is 0 Å². The molecular weight excluding hydrogens is 262 g/mol. The summed E-state index contributed by atoms with van der Waals surface area (Å²) in [5.74, 6) is -1.34. The van der Waals surface area contributed by atoms with Crippen molar-refractivity contribution < 1.29 is 14.7 Å². The van der Waals surface area contributed by atoms with Crippen molar-refractivity contribution in [3.63, 3.8) is 0 Å². The monoisotopic (exact) mass is 277 g/mol. The molecule has 0 unspecified atom stereocenters. The number of fused-ring (bicyclic) bond motifs is 1. The van der Waals surface area contributed by atoms with Gasteiger partial charge in [-0.05, 0) is 32.0 Å². The number of rotatable bonds is 4. The van der Waals surface area contributed by atoms with Gasteiger partial charge in [0.2, 0.25) is 5.91 Å². The van der Waals surface area contributed by atoms with Gasteiger partial charge in [0.25, 0.3) is 0 Å². The fraction of sp³-hybridized carbons (Fsp3) is 0.308. The lowest BCUT2D eigenvalue weighted by Gasteiger charge is -2.08. The number of hydrogen-bond acceptors (Lipinski definition) is 3. The minimum absolute atomic E-state index is 0.0120. The molecule has 3 N–H and O–H groups in total. The smallest absolute Gasteiger partial charge is 0.335 e. The van der Waals surface area contributed by atoms with Gasteiger partial charge in [0.05, 0.1) is 16.6 Å². The van der Waals surface area contributed by atoms with E-state index in [1.165, 1.54) is 22.8 Å². The number of aromatic nitrogens is 2. The molecule has 0 aliphatic carbocycles. The van der Waals surface area contributed by atoms with Crippen LogP contribution < -0.4 is 11.0 Å². The van der Waals surface area contributed by atoms with Crippen LogP contribution in [0.1, 0.15) is 24.2 Å². The summed E-state index contributed by atoms with van der Waals surface area (Å²) < 4.78 is 1.28. The van der Waals surface area contributed by atoms with Gasteiger partial charge in [-0.3, -0.25) is 9.36 Å². The van der Waals surface area contributed by atoms with Crippen molar-refractivity contribution in [2.24, 2.45) is 0 Å². The van der Waals surface area contributed by atoms with Gasteiger partial charge in [-0.2, -0.15) is 0 Å². The van der Waals surface area contributed by atoms with Gasteiger partial charge in [-0.25, -0.2) is 9.59 Å². The zero-order valence-electron chi connectivity index (χ0n) is 11.1. The summed E-state index contributed by atoms with van der Waals surface area (Å²) >= 11 is 0. The molecule has 106 valence electrons. The van der Waals surface area contributed by atoms with Gasteiger partial charge in [0.1, 0.15) is 6.54 Å². The normalized spacial score (nSPS) is 10.9. The van der Waals surface area contributed by atoms with Crippen LogP contribution in [0.5, 0.6) is 0 Å². The van der Waals surface area contributed by atoms with Gasteiger partial charge in [-0.15, -0.1) is 0 Å². The third-order valence-electron chi connectivity index (χ3n) is 2.77. The summed E-state index contributed by atoms with van der Waals surface area (Å²) in [5.41, 5.74) is 0.533. The summed E-state index contributed by atoms with van der Waals surface area (Å²) in [4.78, 5) is 37.0. The topological polar surface area (TPSA) is 104 Å². The van der Waals surface area contributed by atoms with E-state index in [2.05, 4.69) is 10.3 Å². The van der Waals surface area contributed by atoms with Crippen LogP contribution in [0.25, 0.3) is 11.0 Å². The Morgan fingerprint density at radius 2 is 2.10 bits per heavy atom. The predicted molar refractivity (Wildman–Crippen MR) is 72.8 cm³/mol. The van der Waals surface area contributed by atoms with Gasteiger partial charge < -0.3 is 15.4 Å². The van der Waals surface area contributed by atoms with E-state index in [-0.39, 0.29) is 24.1 Å². The average Bonchev–Trinajstić information content (AvgIpc) is 2.64. The molecule has 0 radical (unpaired) electrons. The zero-order valence-corrected chi connectivity index (χ0v) is 11.1. The highest BCUT2D eigenvalue weighted by molar-refractivity contribution is 5.92. The highest BCUT2D eigenvalue weighted by atomic mass is 16.4. The van der Waals surface area contributed by atoms with Crippen molar-refractivity contribution in [2.45, 2.75) is 26.4 Å². The Hall–Kier alpha value is -2.57. The fourth-order valence-electron chi connectivity index (χ4n) is 1.96. The Labute approximate surface area is 114 Å². The summed E-state index contributed by atoms with van der Waals surface area (Å²) in [6.45, 7) is 3.55. The van der Waals surface area contributed by atoms with Crippen molar-refractivity contribution in [1.29, 1.82) is 0 Å².